The van der Waals surface area contributed by atoms with Gasteiger partial charge in [-0.3, -0.25) is 4.79 Å². The molecule has 5 heteroatoms. The number of nitrogens with one attached hydrogen (secondary N) is 1. The maximum Gasteiger partial charge on any atom is 0.225 e. The van der Waals surface area contributed by atoms with Crippen LogP contribution >= 0.6 is 11.8 Å². The fourth-order valence-corrected chi connectivity index (χ4v) is 2.75. The van der Waals surface area contributed by atoms with Crippen molar-refractivity contribution in [3.05, 3.63) is 24.3 Å². The van der Waals surface area contributed by atoms with Gasteiger partial charge in [-0.25, -0.2) is 0 Å². The van der Waals surface area contributed by atoms with Crippen LogP contribution in [0.4, 0.5) is 11.4 Å². The van der Waals surface area contributed by atoms with Gasteiger partial charge in [-0.1, -0.05) is 26.0 Å². The minimum atomic E-state index is 0.0261. The largest absolute Gasteiger partial charge is 0.397 e. The van der Waals surface area contributed by atoms with Gasteiger partial charge in [0.25, 0.3) is 0 Å². The zero-order chi connectivity index (χ0) is 14.8. The first-order valence-electron chi connectivity index (χ1n) is 7.11. The first kappa shape index (κ1) is 16.9. The number of carbonyl (C=O) groups excluding carboxylic acids is 1. The van der Waals surface area contributed by atoms with Gasteiger partial charge in [-0.05, 0) is 25.2 Å². The van der Waals surface area contributed by atoms with Crippen molar-refractivity contribution in [2.45, 2.75) is 20.3 Å². The number of rotatable bonds is 9. The average molecular weight is 295 g/mol. The van der Waals surface area contributed by atoms with Crippen molar-refractivity contribution in [2.24, 2.45) is 0 Å². The molecule has 0 aliphatic carbocycles. The summed E-state index contributed by atoms with van der Waals surface area (Å²) in [5, 5.41) is 2.84. The number of thioether (sulfide) groups is 1. The lowest BCUT2D eigenvalue weighted by Gasteiger charge is -2.17. The van der Waals surface area contributed by atoms with Crippen molar-refractivity contribution < 1.29 is 4.79 Å². The van der Waals surface area contributed by atoms with E-state index in [1.54, 1.807) is 6.07 Å². The molecule has 1 amide bonds. The fourth-order valence-electron chi connectivity index (χ4n) is 1.82. The van der Waals surface area contributed by atoms with Crippen molar-refractivity contribution in [3.8, 4) is 0 Å². The van der Waals surface area contributed by atoms with Gasteiger partial charge in [-0.2, -0.15) is 11.8 Å². The summed E-state index contributed by atoms with van der Waals surface area (Å²) >= 11 is 1.82. The van der Waals surface area contributed by atoms with Crippen LogP contribution in [0.5, 0.6) is 0 Å². The number of nitrogens with two attached hydrogens (primary N) is 1. The summed E-state index contributed by atoms with van der Waals surface area (Å²) in [4.78, 5) is 14.2. The van der Waals surface area contributed by atoms with Crippen LogP contribution in [0.3, 0.4) is 0 Å². The number of carbonyl (C=O) groups is 1. The van der Waals surface area contributed by atoms with Gasteiger partial charge in [0.1, 0.15) is 0 Å². The number of anilines is 2. The smallest absolute Gasteiger partial charge is 0.225 e. The summed E-state index contributed by atoms with van der Waals surface area (Å²) in [5.41, 5.74) is 7.09. The lowest BCUT2D eigenvalue weighted by Crippen LogP contribution is -2.25. The Morgan fingerprint density at radius 1 is 1.25 bits per heavy atom. The van der Waals surface area contributed by atoms with Crippen LogP contribution < -0.4 is 11.1 Å². The molecular weight excluding hydrogens is 270 g/mol. The van der Waals surface area contributed by atoms with Crippen LogP contribution in [0.15, 0.2) is 24.3 Å². The first-order valence-corrected chi connectivity index (χ1v) is 8.27. The molecule has 0 bridgehead atoms. The molecule has 3 N–H and O–H groups in total. The predicted octanol–water partition coefficient (Wildman–Crippen LogP) is 2.67. The molecule has 0 radical (unpaired) electrons. The quantitative estimate of drug-likeness (QED) is 0.543. The van der Waals surface area contributed by atoms with Gasteiger partial charge in [0, 0.05) is 24.5 Å². The fraction of sp³-hybridized carbons (Fsp3) is 0.533. The van der Waals surface area contributed by atoms with E-state index in [1.807, 2.05) is 30.0 Å². The third kappa shape index (κ3) is 6.30. The van der Waals surface area contributed by atoms with Gasteiger partial charge in [0.05, 0.1) is 11.4 Å². The van der Waals surface area contributed by atoms with Gasteiger partial charge < -0.3 is 16.0 Å². The summed E-state index contributed by atoms with van der Waals surface area (Å²) in [5.74, 6) is 1.95. The number of nitrogen functional groups attached to an aromatic ring is 1. The van der Waals surface area contributed by atoms with E-state index in [2.05, 4.69) is 24.1 Å². The van der Waals surface area contributed by atoms with Crippen molar-refractivity contribution in [1.29, 1.82) is 0 Å². The molecule has 0 saturated heterocycles. The third-order valence-corrected chi connectivity index (χ3v) is 4.12. The second kappa shape index (κ2) is 9.66. The van der Waals surface area contributed by atoms with Gasteiger partial charge >= 0.3 is 0 Å². The van der Waals surface area contributed by atoms with Crippen molar-refractivity contribution in [1.82, 2.24) is 4.90 Å². The van der Waals surface area contributed by atoms with E-state index in [-0.39, 0.29) is 5.91 Å². The van der Waals surface area contributed by atoms with E-state index in [4.69, 9.17) is 5.73 Å². The molecule has 1 aromatic rings. The maximum atomic E-state index is 11.8. The van der Waals surface area contributed by atoms with E-state index in [0.29, 0.717) is 17.8 Å². The Bertz CT molecular complexity index is 408. The summed E-state index contributed by atoms with van der Waals surface area (Å²) < 4.78 is 0. The molecule has 0 fully saturated rings. The maximum absolute atomic E-state index is 11.8. The van der Waals surface area contributed by atoms with Crippen LogP contribution in [0, 0.1) is 0 Å². The summed E-state index contributed by atoms with van der Waals surface area (Å²) in [6.07, 6.45) is 0.525. The molecule has 20 heavy (non-hydrogen) atoms. The van der Waals surface area contributed by atoms with E-state index in [0.717, 1.165) is 31.1 Å². The highest BCUT2D eigenvalue weighted by atomic mass is 32.2. The SMILES string of the molecule is CCN(CC)CCSCCC(=O)Nc1ccccc1N. The molecule has 4 nitrogen and oxygen atoms in total. The third-order valence-electron chi connectivity index (χ3n) is 3.15. The molecular formula is C15H25N3OS. The topological polar surface area (TPSA) is 58.4 Å². The van der Waals surface area contributed by atoms with E-state index in [9.17, 15) is 4.79 Å². The number of amides is 1. The normalized spacial score (nSPS) is 10.8. The monoisotopic (exact) mass is 295 g/mol. The first-order chi connectivity index (χ1) is 9.67. The number of hydrogen-bond donors (Lipinski definition) is 2. The summed E-state index contributed by atoms with van der Waals surface area (Å²) in [6.45, 7) is 7.61. The molecule has 0 aliphatic rings. The van der Waals surface area contributed by atoms with Crippen LogP contribution in [0.1, 0.15) is 20.3 Å². The second-order valence-corrected chi connectivity index (χ2v) is 5.75. The van der Waals surface area contributed by atoms with Gasteiger partial charge in [0.15, 0.2) is 0 Å². The lowest BCUT2D eigenvalue weighted by atomic mass is 10.2. The Morgan fingerprint density at radius 3 is 2.60 bits per heavy atom. The highest BCUT2D eigenvalue weighted by Crippen LogP contribution is 2.17. The van der Waals surface area contributed by atoms with Crippen LogP contribution in [-0.4, -0.2) is 41.9 Å². The Morgan fingerprint density at radius 2 is 1.95 bits per heavy atom. The zero-order valence-corrected chi connectivity index (χ0v) is 13.2. The summed E-state index contributed by atoms with van der Waals surface area (Å²) in [6, 6.07) is 7.33. The lowest BCUT2D eigenvalue weighted by molar-refractivity contribution is -0.115. The van der Waals surface area contributed by atoms with E-state index >= 15 is 0 Å². The highest BCUT2D eigenvalue weighted by molar-refractivity contribution is 7.99. The number of hydrogen-bond acceptors (Lipinski definition) is 4. The molecule has 0 unspecified atom stereocenters. The van der Waals surface area contributed by atoms with Gasteiger partial charge in [-0.15, -0.1) is 0 Å². The second-order valence-electron chi connectivity index (χ2n) is 4.52. The van der Waals surface area contributed by atoms with E-state index in [1.165, 1.54) is 0 Å². The Kier molecular flexibility index (Phi) is 8.14. The Balaban J connectivity index is 2.16. The molecule has 1 rings (SSSR count). The minimum Gasteiger partial charge on any atom is -0.397 e. The van der Waals surface area contributed by atoms with Crippen LogP contribution in [0.25, 0.3) is 0 Å². The van der Waals surface area contributed by atoms with Crippen molar-refractivity contribution >= 4 is 29.0 Å². The molecule has 0 saturated carbocycles. The van der Waals surface area contributed by atoms with Crippen molar-refractivity contribution in [3.63, 3.8) is 0 Å². The Hall–Kier alpha value is -1.20. The summed E-state index contributed by atoms with van der Waals surface area (Å²) in [7, 11) is 0. The molecule has 112 valence electrons. The standard InChI is InChI=1S/C15H25N3OS/c1-3-18(4-2)10-12-20-11-9-15(19)17-14-8-6-5-7-13(14)16/h5-8H,3-4,9-12,16H2,1-2H3,(H,17,19). The Labute approximate surface area is 126 Å². The van der Waals surface area contributed by atoms with Crippen LogP contribution in [-0.2, 0) is 4.79 Å². The average Bonchev–Trinajstić information content (AvgIpc) is 2.45. The number of nitrogens with zero attached hydrogens (tertiary/aromatic N) is 1. The van der Waals surface area contributed by atoms with Crippen molar-refractivity contribution in [2.75, 3.05) is 42.2 Å². The van der Waals surface area contributed by atoms with Gasteiger partial charge in [0.2, 0.25) is 5.91 Å². The highest BCUT2D eigenvalue weighted by Gasteiger charge is 2.05. The number of benzene rings is 1. The van der Waals surface area contributed by atoms with E-state index < -0.39 is 0 Å². The molecule has 0 atom stereocenters. The van der Waals surface area contributed by atoms with Crippen LogP contribution in [0.2, 0.25) is 0 Å². The zero-order valence-electron chi connectivity index (χ0n) is 12.4. The number of para-hydroxylation sites is 2. The molecule has 0 spiro atoms. The molecule has 1 aromatic carbocycles. The molecule has 0 aromatic heterocycles. The molecule has 0 aliphatic heterocycles. The minimum absolute atomic E-state index is 0.0261. The molecule has 0 heterocycles. The predicted molar refractivity (Wildman–Crippen MR) is 89.2 cm³/mol.